The van der Waals surface area contributed by atoms with Gasteiger partial charge >= 0.3 is 12.1 Å². The number of rotatable bonds is 2. The molecule has 0 unspecified atom stereocenters. The first kappa shape index (κ1) is 14.8. The molecule has 0 N–H and O–H groups in total. The Kier molecular flexibility index (Phi) is 4.25. The molecule has 1 aromatic heterocycles. The summed E-state index contributed by atoms with van der Waals surface area (Å²) in [6, 6.07) is 0. The van der Waals surface area contributed by atoms with Crippen molar-refractivity contribution in [3.8, 4) is 0 Å². The normalized spacial score (nSPS) is 11.8. The molecule has 0 radical (unpaired) electrons. The molecule has 0 aliphatic heterocycles. The van der Waals surface area contributed by atoms with Crippen molar-refractivity contribution in [3.63, 3.8) is 0 Å². The number of halogens is 6. The molecule has 0 atom stereocenters. The molecule has 0 spiro atoms. The lowest BCUT2D eigenvalue weighted by atomic mass is 10.0. The highest BCUT2D eigenvalue weighted by atomic mass is 79.9. The molecular weight excluding hydrogens is 329 g/mol. The molecule has 0 aromatic carbocycles. The lowest BCUT2D eigenvalue weighted by Crippen LogP contribution is -2.19. The van der Waals surface area contributed by atoms with Crippen LogP contribution in [0.2, 0.25) is 0 Å². The Labute approximate surface area is 106 Å². The van der Waals surface area contributed by atoms with Crippen molar-refractivity contribution >= 4 is 21.9 Å². The fourth-order valence-corrected chi connectivity index (χ4v) is 1.72. The number of aromatic nitrogens is 1. The van der Waals surface area contributed by atoms with E-state index in [2.05, 4.69) is 25.7 Å². The number of methoxy groups -OCH3 is 1. The number of hydrogen-bond donors (Lipinski definition) is 0. The number of alkyl halides is 5. The molecule has 3 nitrogen and oxygen atoms in total. The average molecular weight is 334 g/mol. The van der Waals surface area contributed by atoms with Crippen LogP contribution in [-0.4, -0.2) is 18.1 Å². The summed E-state index contributed by atoms with van der Waals surface area (Å²) in [6.07, 6.45) is -8.17. The van der Waals surface area contributed by atoms with E-state index in [0.29, 0.717) is 6.20 Å². The van der Waals surface area contributed by atoms with Gasteiger partial charge in [0.15, 0.2) is 0 Å². The second-order valence-corrected chi connectivity index (χ2v) is 3.80. The van der Waals surface area contributed by atoms with Crippen LogP contribution in [0.25, 0.3) is 0 Å². The summed E-state index contributed by atoms with van der Waals surface area (Å²) in [4.78, 5) is 14.5. The van der Waals surface area contributed by atoms with Gasteiger partial charge in [-0.05, 0) is 15.9 Å². The van der Waals surface area contributed by atoms with Gasteiger partial charge in [-0.25, -0.2) is 18.6 Å². The highest BCUT2D eigenvalue weighted by molar-refractivity contribution is 9.10. The van der Waals surface area contributed by atoms with Crippen LogP contribution in [0, 0.1) is 0 Å². The van der Waals surface area contributed by atoms with Gasteiger partial charge in [0.05, 0.1) is 12.7 Å². The van der Waals surface area contributed by atoms with Crippen molar-refractivity contribution in [1.82, 2.24) is 4.98 Å². The van der Waals surface area contributed by atoms with Crippen LogP contribution in [-0.2, 0) is 10.9 Å². The van der Waals surface area contributed by atoms with Crippen LogP contribution < -0.4 is 0 Å². The molecular formula is C9H5BrF5NO2. The molecule has 0 bridgehead atoms. The van der Waals surface area contributed by atoms with Crippen molar-refractivity contribution < 1.29 is 31.5 Å². The van der Waals surface area contributed by atoms with Crippen molar-refractivity contribution in [1.29, 1.82) is 0 Å². The second-order valence-electron chi connectivity index (χ2n) is 3.04. The lowest BCUT2D eigenvalue weighted by molar-refractivity contribution is -0.140. The zero-order valence-electron chi connectivity index (χ0n) is 8.69. The molecule has 0 fully saturated rings. The van der Waals surface area contributed by atoms with Crippen molar-refractivity contribution in [2.45, 2.75) is 12.6 Å². The molecule has 9 heteroatoms. The summed E-state index contributed by atoms with van der Waals surface area (Å²) in [5.74, 6) is -1.40. The van der Waals surface area contributed by atoms with Gasteiger partial charge in [-0.2, -0.15) is 13.2 Å². The molecule has 18 heavy (non-hydrogen) atoms. The maximum absolute atomic E-state index is 12.8. The standard InChI is InChI=1S/C9H5BrF5NO2/c1-18-8(17)4-5(9(13,14)15)3(7(11)12)2-16-6(4)10/h2,7H,1H3. The summed E-state index contributed by atoms with van der Waals surface area (Å²) < 4.78 is 67.0. The summed E-state index contributed by atoms with van der Waals surface area (Å²) in [7, 11) is 0.837. The molecule has 1 aromatic rings. The van der Waals surface area contributed by atoms with Crippen LogP contribution in [0.4, 0.5) is 22.0 Å². The zero-order chi connectivity index (χ0) is 14.1. The number of nitrogens with zero attached hydrogens (tertiary/aromatic N) is 1. The van der Waals surface area contributed by atoms with Gasteiger partial charge < -0.3 is 4.74 Å². The summed E-state index contributed by atoms with van der Waals surface area (Å²) in [5.41, 5.74) is -4.18. The largest absolute Gasteiger partial charge is 0.465 e. The predicted octanol–water partition coefficient (Wildman–Crippen LogP) is 3.59. The van der Waals surface area contributed by atoms with E-state index in [1.54, 1.807) is 0 Å². The number of ether oxygens (including phenoxy) is 1. The van der Waals surface area contributed by atoms with Crippen LogP contribution >= 0.6 is 15.9 Å². The Bertz CT molecular complexity index is 475. The molecule has 1 heterocycles. The number of carbonyl (C=O) groups is 1. The quantitative estimate of drug-likeness (QED) is 0.471. The van der Waals surface area contributed by atoms with Gasteiger partial charge in [0.25, 0.3) is 6.43 Å². The van der Waals surface area contributed by atoms with Crippen LogP contribution in [0.5, 0.6) is 0 Å². The number of esters is 1. The first-order valence-electron chi connectivity index (χ1n) is 4.32. The Balaban J connectivity index is 3.67. The number of hydrogen-bond acceptors (Lipinski definition) is 3. The van der Waals surface area contributed by atoms with E-state index < -0.39 is 39.9 Å². The third-order valence-electron chi connectivity index (χ3n) is 1.97. The Morgan fingerprint density at radius 3 is 2.39 bits per heavy atom. The van der Waals surface area contributed by atoms with E-state index in [-0.39, 0.29) is 0 Å². The minimum Gasteiger partial charge on any atom is -0.465 e. The highest BCUT2D eigenvalue weighted by Gasteiger charge is 2.42. The van der Waals surface area contributed by atoms with E-state index >= 15 is 0 Å². The van der Waals surface area contributed by atoms with Gasteiger partial charge in [0.1, 0.15) is 10.2 Å². The first-order chi connectivity index (χ1) is 8.20. The minimum atomic E-state index is -5.12. The monoisotopic (exact) mass is 333 g/mol. The maximum atomic E-state index is 12.8. The van der Waals surface area contributed by atoms with Gasteiger partial charge in [0.2, 0.25) is 0 Å². The van der Waals surface area contributed by atoms with Crippen LogP contribution in [0.3, 0.4) is 0 Å². The minimum absolute atomic E-state index is 0.365. The fraction of sp³-hybridized carbons (Fsp3) is 0.333. The first-order valence-corrected chi connectivity index (χ1v) is 5.11. The van der Waals surface area contributed by atoms with E-state index in [9.17, 15) is 26.7 Å². The lowest BCUT2D eigenvalue weighted by Gasteiger charge is -2.16. The Hall–Kier alpha value is -1.25. The molecule has 0 saturated carbocycles. The van der Waals surface area contributed by atoms with Crippen molar-refractivity contribution in [2.24, 2.45) is 0 Å². The third-order valence-corrected chi connectivity index (χ3v) is 2.57. The van der Waals surface area contributed by atoms with E-state index in [1.165, 1.54) is 0 Å². The number of pyridine rings is 1. The summed E-state index contributed by atoms with van der Waals surface area (Å²) in [5, 5.41) is 0. The molecule has 0 aliphatic rings. The smallest absolute Gasteiger partial charge is 0.417 e. The fourth-order valence-electron chi connectivity index (χ4n) is 1.26. The summed E-state index contributed by atoms with van der Waals surface area (Å²) in [6.45, 7) is 0. The zero-order valence-corrected chi connectivity index (χ0v) is 10.3. The molecule has 0 aliphatic carbocycles. The molecule has 0 amide bonds. The SMILES string of the molecule is COC(=O)c1c(Br)ncc(C(F)F)c1C(F)(F)F. The van der Waals surface area contributed by atoms with E-state index in [1.807, 2.05) is 0 Å². The van der Waals surface area contributed by atoms with Gasteiger partial charge in [-0.15, -0.1) is 0 Å². The van der Waals surface area contributed by atoms with Gasteiger partial charge in [-0.3, -0.25) is 0 Å². The van der Waals surface area contributed by atoms with E-state index in [0.717, 1.165) is 7.11 Å². The van der Waals surface area contributed by atoms with E-state index in [4.69, 9.17) is 0 Å². The van der Waals surface area contributed by atoms with Crippen molar-refractivity contribution in [3.05, 3.63) is 27.5 Å². The highest BCUT2D eigenvalue weighted by Crippen LogP contribution is 2.40. The topological polar surface area (TPSA) is 39.2 Å². The molecule has 0 saturated heterocycles. The second kappa shape index (κ2) is 5.17. The predicted molar refractivity (Wildman–Crippen MR) is 53.2 cm³/mol. The Morgan fingerprint density at radius 2 is 2.00 bits per heavy atom. The van der Waals surface area contributed by atoms with Crippen LogP contribution in [0.15, 0.2) is 10.8 Å². The number of carbonyl (C=O) groups excluding carboxylic acids is 1. The molecule has 100 valence electrons. The summed E-state index contributed by atoms with van der Waals surface area (Å²) >= 11 is 2.61. The maximum Gasteiger partial charge on any atom is 0.417 e. The average Bonchev–Trinajstić information content (AvgIpc) is 2.25. The van der Waals surface area contributed by atoms with Gasteiger partial charge in [-0.1, -0.05) is 0 Å². The molecule has 1 rings (SSSR count). The third kappa shape index (κ3) is 2.77. The van der Waals surface area contributed by atoms with Crippen LogP contribution in [0.1, 0.15) is 27.9 Å². The Morgan fingerprint density at radius 1 is 1.44 bits per heavy atom. The van der Waals surface area contributed by atoms with Gasteiger partial charge in [0, 0.05) is 11.8 Å². The van der Waals surface area contributed by atoms with Crippen molar-refractivity contribution in [2.75, 3.05) is 7.11 Å².